The smallest absolute Gasteiger partial charge is 0.164 e. The number of ether oxygens (including phenoxy) is 2. The molecule has 0 unspecified atom stereocenters. The van der Waals surface area contributed by atoms with E-state index < -0.39 is 24.5 Å². The van der Waals surface area contributed by atoms with E-state index in [2.05, 4.69) is 20.3 Å². The molecule has 182 valence electrons. The number of benzene rings is 1. The molecule has 6 rings (SSSR count). The van der Waals surface area contributed by atoms with Crippen molar-refractivity contribution in [2.75, 3.05) is 24.7 Å². The molecule has 2 fully saturated rings. The van der Waals surface area contributed by atoms with E-state index >= 15 is 0 Å². The van der Waals surface area contributed by atoms with Gasteiger partial charge in [-0.05, 0) is 55.0 Å². The third-order valence-corrected chi connectivity index (χ3v) is 6.87. The number of pyridine rings is 1. The topological polar surface area (TPSA) is 141 Å². The van der Waals surface area contributed by atoms with Crippen LogP contribution in [-0.4, -0.2) is 61.7 Å². The highest BCUT2D eigenvalue weighted by atomic mass is 16.6. The largest absolute Gasteiger partial charge is 0.491 e. The highest BCUT2D eigenvalue weighted by Gasteiger charge is 2.45. The maximum absolute atomic E-state index is 10.9. The molecular formula is C25H28N6O4. The summed E-state index contributed by atoms with van der Waals surface area (Å²) in [5, 5.41) is 26.4. The Morgan fingerprint density at radius 1 is 1.17 bits per heavy atom. The molecule has 10 heteroatoms. The zero-order valence-corrected chi connectivity index (χ0v) is 19.3. The summed E-state index contributed by atoms with van der Waals surface area (Å²) in [6.07, 6.45) is 2.77. The molecule has 4 aromatic rings. The summed E-state index contributed by atoms with van der Waals surface area (Å²) in [5.41, 5.74) is 8.60. The maximum atomic E-state index is 10.9. The molecule has 4 heterocycles. The van der Waals surface area contributed by atoms with E-state index in [1.54, 1.807) is 4.57 Å². The number of aromatic nitrogens is 4. The zero-order chi connectivity index (χ0) is 24.1. The van der Waals surface area contributed by atoms with Crippen molar-refractivity contribution in [1.29, 1.82) is 0 Å². The monoisotopic (exact) mass is 476 g/mol. The van der Waals surface area contributed by atoms with Crippen LogP contribution in [-0.2, 0) is 11.2 Å². The summed E-state index contributed by atoms with van der Waals surface area (Å²) in [6, 6.07) is 9.51. The first kappa shape index (κ1) is 22.0. The van der Waals surface area contributed by atoms with Gasteiger partial charge in [0.05, 0.1) is 10.9 Å². The number of nitrogens with zero attached hydrogens (tertiary/aromatic N) is 4. The number of aliphatic hydroxyl groups is 2. The van der Waals surface area contributed by atoms with Crippen LogP contribution >= 0.6 is 0 Å². The van der Waals surface area contributed by atoms with Gasteiger partial charge in [-0.1, -0.05) is 0 Å². The highest BCUT2D eigenvalue weighted by molar-refractivity contribution is 5.90. The van der Waals surface area contributed by atoms with E-state index in [0.717, 1.165) is 34.1 Å². The van der Waals surface area contributed by atoms with E-state index in [4.69, 9.17) is 15.2 Å². The summed E-state index contributed by atoms with van der Waals surface area (Å²) in [6.45, 7) is 0.0667. The summed E-state index contributed by atoms with van der Waals surface area (Å²) in [4.78, 5) is 13.1. The maximum Gasteiger partial charge on any atom is 0.164 e. The van der Waals surface area contributed by atoms with Gasteiger partial charge in [-0.2, -0.15) is 0 Å². The molecule has 4 atom stereocenters. The van der Waals surface area contributed by atoms with Crippen LogP contribution in [0, 0.1) is 5.92 Å². The summed E-state index contributed by atoms with van der Waals surface area (Å²) in [5.74, 6) is 2.41. The molecule has 3 aromatic heterocycles. The molecule has 0 radical (unpaired) electrons. The lowest BCUT2D eigenvalue weighted by molar-refractivity contribution is -0.0472. The number of nitrogens with one attached hydrogen (secondary N) is 1. The van der Waals surface area contributed by atoms with Gasteiger partial charge in [0.25, 0.3) is 0 Å². The Balaban J connectivity index is 1.23. The normalized spacial score (nSPS) is 24.3. The number of hydrogen-bond acceptors (Lipinski definition) is 9. The molecule has 1 saturated heterocycles. The van der Waals surface area contributed by atoms with Crippen LogP contribution in [0.25, 0.3) is 21.9 Å². The van der Waals surface area contributed by atoms with Gasteiger partial charge in [0.2, 0.25) is 0 Å². The lowest BCUT2D eigenvalue weighted by Gasteiger charge is -2.17. The lowest BCUT2D eigenvalue weighted by atomic mass is 10.1. The van der Waals surface area contributed by atoms with Gasteiger partial charge in [0.15, 0.2) is 6.23 Å². The summed E-state index contributed by atoms with van der Waals surface area (Å²) >= 11 is 0. The Labute approximate surface area is 201 Å². The van der Waals surface area contributed by atoms with Crippen molar-refractivity contribution in [3.8, 4) is 5.75 Å². The third kappa shape index (κ3) is 4.03. The Hall–Kier alpha value is -3.47. The molecule has 1 saturated carbocycles. The number of rotatable bonds is 7. The number of nitrogen functional groups attached to an aromatic ring is 1. The molecule has 0 bridgehead atoms. The Kier molecular flexibility index (Phi) is 5.43. The van der Waals surface area contributed by atoms with E-state index in [1.807, 2.05) is 43.6 Å². The number of fused-ring (bicyclic) bond motifs is 2. The number of anilines is 2. The van der Waals surface area contributed by atoms with Gasteiger partial charge in [0.1, 0.15) is 54.3 Å². The summed E-state index contributed by atoms with van der Waals surface area (Å²) < 4.78 is 13.8. The molecule has 1 aliphatic carbocycles. The first-order valence-electron chi connectivity index (χ1n) is 11.8. The predicted octanol–water partition coefficient (Wildman–Crippen LogP) is 2.25. The van der Waals surface area contributed by atoms with Gasteiger partial charge >= 0.3 is 0 Å². The highest BCUT2D eigenvalue weighted by Crippen LogP contribution is 2.39. The van der Waals surface area contributed by atoms with Gasteiger partial charge < -0.3 is 35.3 Å². The van der Waals surface area contributed by atoms with Crippen molar-refractivity contribution in [3.63, 3.8) is 0 Å². The SMILES string of the molecule is CNc1ccc2ccc(OC[C@H]3O[C@@H](n4cc(CC5CC5)c5c(N)ncnc54)[C@H](O)[C@@H]3O)cc2n1. The van der Waals surface area contributed by atoms with E-state index in [0.29, 0.717) is 23.1 Å². The molecule has 0 amide bonds. The Morgan fingerprint density at radius 3 is 2.80 bits per heavy atom. The first-order chi connectivity index (χ1) is 17.0. The second kappa shape index (κ2) is 8.63. The van der Waals surface area contributed by atoms with Gasteiger partial charge in [-0.25, -0.2) is 15.0 Å². The third-order valence-electron chi connectivity index (χ3n) is 6.87. The molecule has 5 N–H and O–H groups in total. The van der Waals surface area contributed by atoms with Crippen LogP contribution < -0.4 is 15.8 Å². The van der Waals surface area contributed by atoms with Gasteiger partial charge in [-0.3, -0.25) is 0 Å². The number of hydrogen-bond donors (Lipinski definition) is 4. The molecule has 10 nitrogen and oxygen atoms in total. The van der Waals surface area contributed by atoms with Crippen molar-refractivity contribution in [2.24, 2.45) is 5.92 Å². The Bertz CT molecular complexity index is 1390. The van der Waals surface area contributed by atoms with Crippen molar-refractivity contribution in [3.05, 3.63) is 48.4 Å². The molecule has 1 aromatic carbocycles. The van der Waals surface area contributed by atoms with E-state index in [-0.39, 0.29) is 6.61 Å². The van der Waals surface area contributed by atoms with Crippen molar-refractivity contribution < 1.29 is 19.7 Å². The van der Waals surface area contributed by atoms with Crippen molar-refractivity contribution in [1.82, 2.24) is 19.5 Å². The zero-order valence-electron chi connectivity index (χ0n) is 19.3. The van der Waals surface area contributed by atoms with Crippen LogP contribution in [0.1, 0.15) is 24.6 Å². The molecule has 0 spiro atoms. The van der Waals surface area contributed by atoms with Gasteiger partial charge in [-0.15, -0.1) is 0 Å². The fourth-order valence-electron chi connectivity index (χ4n) is 4.77. The average Bonchev–Trinajstić information content (AvgIpc) is 3.55. The van der Waals surface area contributed by atoms with E-state index in [9.17, 15) is 10.2 Å². The van der Waals surface area contributed by atoms with Crippen molar-refractivity contribution in [2.45, 2.75) is 43.8 Å². The number of aliphatic hydroxyl groups excluding tert-OH is 2. The summed E-state index contributed by atoms with van der Waals surface area (Å²) in [7, 11) is 1.82. The minimum atomic E-state index is -1.15. The first-order valence-corrected chi connectivity index (χ1v) is 11.8. The quantitative estimate of drug-likeness (QED) is 0.316. The lowest BCUT2D eigenvalue weighted by Crippen LogP contribution is -2.34. The molecule has 1 aliphatic heterocycles. The molecule has 35 heavy (non-hydrogen) atoms. The fraction of sp³-hybridized carbons (Fsp3) is 0.400. The van der Waals surface area contributed by atoms with Crippen molar-refractivity contribution >= 4 is 33.6 Å². The standard InChI is InChI=1S/C25H28N6O4/c1-27-19-7-5-14-4-6-16(9-17(14)30-19)34-11-18-21(32)22(33)25(35-18)31-10-15(8-13-2-3-13)20-23(26)28-12-29-24(20)31/h4-7,9-10,12-13,18,21-22,25,32-33H,2-3,8,11H2,1H3,(H,27,30)(H2,26,28,29)/t18-,21-,22-,25-/m1/s1. The Morgan fingerprint density at radius 2 is 2.00 bits per heavy atom. The minimum absolute atomic E-state index is 0.0667. The second-order valence-electron chi connectivity index (χ2n) is 9.32. The van der Waals surface area contributed by atoms with Crippen LogP contribution in [0.5, 0.6) is 5.75 Å². The van der Waals surface area contributed by atoms with Crippen LogP contribution in [0.4, 0.5) is 11.6 Å². The van der Waals surface area contributed by atoms with Crippen LogP contribution in [0.3, 0.4) is 0 Å². The number of nitrogens with two attached hydrogens (primary N) is 1. The molecule has 2 aliphatic rings. The van der Waals surface area contributed by atoms with E-state index in [1.165, 1.54) is 19.2 Å². The average molecular weight is 477 g/mol. The minimum Gasteiger partial charge on any atom is -0.491 e. The van der Waals surface area contributed by atoms with Crippen LogP contribution in [0.15, 0.2) is 42.9 Å². The van der Waals surface area contributed by atoms with Gasteiger partial charge in [0, 0.05) is 24.7 Å². The molecular weight excluding hydrogens is 448 g/mol. The second-order valence-corrected chi connectivity index (χ2v) is 9.32. The predicted molar refractivity (Wildman–Crippen MR) is 131 cm³/mol. The fourth-order valence-corrected chi connectivity index (χ4v) is 4.77. The van der Waals surface area contributed by atoms with Crippen LogP contribution in [0.2, 0.25) is 0 Å².